The number of aliphatic carboxylic acids is 1. The van der Waals surface area contributed by atoms with Crippen LogP contribution in [-0.4, -0.2) is 34.5 Å². The van der Waals surface area contributed by atoms with E-state index in [2.05, 4.69) is 13.0 Å². The van der Waals surface area contributed by atoms with Crippen molar-refractivity contribution in [3.8, 4) is 0 Å². The average Bonchev–Trinajstić information content (AvgIpc) is 3.17. The van der Waals surface area contributed by atoms with Gasteiger partial charge in [-0.25, -0.2) is 9.78 Å². The van der Waals surface area contributed by atoms with Gasteiger partial charge < -0.3 is 10.2 Å². The van der Waals surface area contributed by atoms with Crippen molar-refractivity contribution in [3.63, 3.8) is 0 Å². The molecule has 1 saturated carbocycles. The van der Waals surface area contributed by atoms with Gasteiger partial charge in [0, 0.05) is 18.8 Å². The molecule has 0 aromatic heterocycles. The number of aliphatic hydroxyl groups excluding tert-OH is 1. The minimum absolute atomic E-state index is 0.126. The van der Waals surface area contributed by atoms with Crippen LogP contribution in [0.1, 0.15) is 77.6 Å². The first kappa shape index (κ1) is 20.4. The van der Waals surface area contributed by atoms with Gasteiger partial charge in [-0.05, 0) is 25.2 Å². The lowest BCUT2D eigenvalue weighted by Gasteiger charge is -2.28. The summed E-state index contributed by atoms with van der Waals surface area (Å²) in [6.07, 6.45) is 14.5. The Balaban J connectivity index is 1.71. The quantitative estimate of drug-likeness (QED) is 0.294. The Morgan fingerprint density at radius 2 is 1.88 bits per heavy atom. The molecule has 25 heavy (non-hydrogen) atoms. The van der Waals surface area contributed by atoms with Gasteiger partial charge >= 0.3 is 5.97 Å². The Kier molecular flexibility index (Phi) is 8.93. The van der Waals surface area contributed by atoms with Crippen LogP contribution < -0.4 is 0 Å². The van der Waals surface area contributed by atoms with E-state index in [1.165, 1.54) is 12.8 Å². The highest BCUT2D eigenvalue weighted by atomic mass is 17.2. The topological polar surface area (TPSA) is 76.0 Å². The monoisotopic (exact) mass is 354 g/mol. The summed E-state index contributed by atoms with van der Waals surface area (Å²) in [5, 5.41) is 18.8. The molecule has 1 aliphatic heterocycles. The van der Waals surface area contributed by atoms with Crippen LogP contribution in [0.2, 0.25) is 0 Å². The van der Waals surface area contributed by atoms with Crippen molar-refractivity contribution >= 4 is 5.97 Å². The van der Waals surface area contributed by atoms with E-state index >= 15 is 0 Å². The third-order valence-electron chi connectivity index (χ3n) is 5.51. The molecular formula is C20H34O5. The number of carbonyl (C=O) groups is 1. The van der Waals surface area contributed by atoms with Crippen LogP contribution in [0, 0.1) is 11.8 Å². The van der Waals surface area contributed by atoms with Crippen molar-refractivity contribution in [2.45, 2.75) is 95.9 Å². The van der Waals surface area contributed by atoms with Gasteiger partial charge in [0.2, 0.25) is 0 Å². The van der Waals surface area contributed by atoms with Gasteiger partial charge in [0.25, 0.3) is 0 Å². The third-order valence-corrected chi connectivity index (χ3v) is 5.51. The summed E-state index contributed by atoms with van der Waals surface area (Å²) < 4.78 is 0. The van der Waals surface area contributed by atoms with Crippen molar-refractivity contribution in [1.82, 2.24) is 0 Å². The molecule has 0 radical (unpaired) electrons. The molecule has 2 bridgehead atoms. The Bertz CT molecular complexity index is 422. The molecule has 5 nitrogen and oxygen atoms in total. The maximum atomic E-state index is 10.5. The number of carboxylic acids is 1. The number of carboxylic acid groups (broad SMARTS) is 1. The molecule has 5 atom stereocenters. The summed E-state index contributed by atoms with van der Waals surface area (Å²) in [6.45, 7) is 2.17. The second kappa shape index (κ2) is 10.9. The molecule has 1 saturated heterocycles. The molecule has 0 amide bonds. The molecular weight excluding hydrogens is 320 g/mol. The van der Waals surface area contributed by atoms with Gasteiger partial charge in [-0.3, -0.25) is 4.79 Å². The van der Waals surface area contributed by atoms with Crippen LogP contribution in [0.15, 0.2) is 12.2 Å². The van der Waals surface area contributed by atoms with Crippen LogP contribution in [0.5, 0.6) is 0 Å². The van der Waals surface area contributed by atoms with E-state index in [1.807, 2.05) is 6.08 Å². The Morgan fingerprint density at radius 1 is 1.12 bits per heavy atom. The summed E-state index contributed by atoms with van der Waals surface area (Å²) in [5.74, 6) is 0.0808. The zero-order valence-electron chi connectivity index (χ0n) is 15.4. The predicted octanol–water partition coefficient (Wildman–Crippen LogP) is 4.24. The second-order valence-corrected chi connectivity index (χ2v) is 7.54. The molecule has 2 N–H and O–H groups in total. The standard InChI is InChI=1S/C20H34O5/c1-2-3-6-9-15(21)12-13-17-16(18-14-19(17)25-24-18)10-7-4-5-8-11-20(22)23/h12-13,15-19,21H,2-11,14H2,1H3,(H,22,23)/b13-12+/t15-,16?,17-,18?,19?/m0/s1. The number of hydrogen-bond donors (Lipinski definition) is 2. The molecule has 0 aromatic rings. The average molecular weight is 354 g/mol. The SMILES string of the molecule is CCCCC[C@H](O)/C=C/[C@@H]1C2CC(OO2)C1CCCCCCC(=O)O. The maximum Gasteiger partial charge on any atom is 0.303 e. The van der Waals surface area contributed by atoms with Crippen LogP contribution >= 0.6 is 0 Å². The van der Waals surface area contributed by atoms with E-state index in [-0.39, 0.29) is 24.7 Å². The highest BCUT2D eigenvalue weighted by Gasteiger charge is 2.49. The molecule has 3 unspecified atom stereocenters. The molecule has 2 aliphatic rings. The van der Waals surface area contributed by atoms with Crippen LogP contribution in [0.4, 0.5) is 0 Å². The number of rotatable bonds is 13. The fourth-order valence-corrected chi connectivity index (χ4v) is 4.05. The molecule has 1 heterocycles. The first-order valence-corrected chi connectivity index (χ1v) is 10.0. The van der Waals surface area contributed by atoms with Gasteiger partial charge in [0.1, 0.15) is 6.10 Å². The van der Waals surface area contributed by atoms with E-state index in [9.17, 15) is 9.90 Å². The fourth-order valence-electron chi connectivity index (χ4n) is 4.05. The normalized spacial score (nSPS) is 29.5. The van der Waals surface area contributed by atoms with Crippen molar-refractivity contribution < 1.29 is 24.8 Å². The smallest absolute Gasteiger partial charge is 0.303 e. The fraction of sp³-hybridized carbons (Fsp3) is 0.850. The zero-order valence-corrected chi connectivity index (χ0v) is 15.4. The molecule has 0 spiro atoms. The highest BCUT2D eigenvalue weighted by Crippen LogP contribution is 2.45. The third kappa shape index (κ3) is 6.72. The lowest BCUT2D eigenvalue weighted by Crippen LogP contribution is -2.29. The summed E-state index contributed by atoms with van der Waals surface area (Å²) in [6, 6.07) is 0. The van der Waals surface area contributed by atoms with Gasteiger partial charge in [-0.2, -0.15) is 0 Å². The molecule has 5 heteroatoms. The lowest BCUT2D eigenvalue weighted by molar-refractivity contribution is -0.337. The summed E-state index contributed by atoms with van der Waals surface area (Å²) in [4.78, 5) is 21.3. The van der Waals surface area contributed by atoms with E-state index in [0.717, 1.165) is 51.4 Å². The minimum Gasteiger partial charge on any atom is -0.481 e. The van der Waals surface area contributed by atoms with Crippen molar-refractivity contribution in [1.29, 1.82) is 0 Å². The summed E-state index contributed by atoms with van der Waals surface area (Å²) >= 11 is 0. The summed E-state index contributed by atoms with van der Waals surface area (Å²) in [7, 11) is 0. The van der Waals surface area contributed by atoms with Gasteiger partial charge in [-0.1, -0.05) is 57.6 Å². The van der Waals surface area contributed by atoms with Crippen molar-refractivity contribution in [2.75, 3.05) is 0 Å². The summed E-state index contributed by atoms with van der Waals surface area (Å²) in [5.41, 5.74) is 0. The number of fused-ring (bicyclic) bond motifs is 2. The minimum atomic E-state index is -0.707. The van der Waals surface area contributed by atoms with Crippen molar-refractivity contribution in [2.24, 2.45) is 11.8 Å². The Labute approximate surface area is 151 Å². The van der Waals surface area contributed by atoms with Crippen LogP contribution in [0.25, 0.3) is 0 Å². The molecule has 2 fully saturated rings. The zero-order chi connectivity index (χ0) is 18.1. The van der Waals surface area contributed by atoms with Gasteiger partial charge in [0.05, 0.1) is 12.2 Å². The van der Waals surface area contributed by atoms with E-state index < -0.39 is 5.97 Å². The van der Waals surface area contributed by atoms with Crippen molar-refractivity contribution in [3.05, 3.63) is 12.2 Å². The second-order valence-electron chi connectivity index (χ2n) is 7.54. The van der Waals surface area contributed by atoms with Crippen LogP contribution in [0.3, 0.4) is 0 Å². The number of hydrogen-bond acceptors (Lipinski definition) is 4. The predicted molar refractivity (Wildman–Crippen MR) is 96.0 cm³/mol. The molecule has 2 rings (SSSR count). The molecule has 144 valence electrons. The van der Waals surface area contributed by atoms with Gasteiger partial charge in [0.15, 0.2) is 0 Å². The maximum absolute atomic E-state index is 10.5. The Morgan fingerprint density at radius 3 is 2.64 bits per heavy atom. The van der Waals surface area contributed by atoms with E-state index in [4.69, 9.17) is 14.9 Å². The highest BCUT2D eigenvalue weighted by molar-refractivity contribution is 5.66. The van der Waals surface area contributed by atoms with Crippen LogP contribution in [-0.2, 0) is 14.6 Å². The van der Waals surface area contributed by atoms with E-state index in [0.29, 0.717) is 11.8 Å². The largest absolute Gasteiger partial charge is 0.481 e. The first-order chi connectivity index (χ1) is 12.1. The Hall–Kier alpha value is -0.910. The number of unbranched alkanes of at least 4 members (excludes halogenated alkanes) is 5. The molecule has 1 aliphatic carbocycles. The first-order valence-electron chi connectivity index (χ1n) is 10.0. The molecule has 0 aromatic carbocycles. The lowest BCUT2D eigenvalue weighted by atomic mass is 9.87. The van der Waals surface area contributed by atoms with E-state index in [1.54, 1.807) is 0 Å². The van der Waals surface area contributed by atoms with Gasteiger partial charge in [-0.15, -0.1) is 0 Å². The number of aliphatic hydroxyl groups is 1.